The second kappa shape index (κ2) is 13.6. The summed E-state index contributed by atoms with van der Waals surface area (Å²) in [7, 11) is -8.22. The van der Waals surface area contributed by atoms with Gasteiger partial charge in [0.15, 0.2) is 24.8 Å². The lowest BCUT2D eigenvalue weighted by Crippen LogP contribution is -2.75. The predicted octanol–water partition coefficient (Wildman–Crippen LogP) is 9.93. The average molecular weight is 797 g/mol. The lowest BCUT2D eigenvalue weighted by atomic mass is 9.91. The first-order chi connectivity index (χ1) is 21.8. The molecule has 3 rings (SSSR count). The molecule has 0 saturated carbocycles. The first-order valence-electron chi connectivity index (χ1n) is 12.1. The molecule has 0 heterocycles. The van der Waals surface area contributed by atoms with Crippen LogP contribution in [0.2, 0.25) is 5.02 Å². The highest BCUT2D eigenvalue weighted by Crippen LogP contribution is 2.64. The van der Waals surface area contributed by atoms with Gasteiger partial charge < -0.3 is 4.55 Å². The van der Waals surface area contributed by atoms with Crippen LogP contribution in [0.5, 0.6) is 0 Å². The Kier molecular flexibility index (Phi) is 11.7. The summed E-state index contributed by atoms with van der Waals surface area (Å²) in [5, 5.41) is -7.18. The molecule has 0 saturated heterocycles. The number of halogens is 18. The number of benzene rings is 3. The number of rotatable bonds is 10. The van der Waals surface area contributed by atoms with Crippen LogP contribution in [0.25, 0.3) is 0 Å². The van der Waals surface area contributed by atoms with E-state index < -0.39 is 57.1 Å². The monoisotopic (exact) mass is 796 g/mol. The Bertz CT molecular complexity index is 1630. The van der Waals surface area contributed by atoms with Gasteiger partial charge in [-0.15, -0.1) is 0 Å². The Hall–Kier alpha value is -2.98. The molecule has 3 aromatic rings. The van der Waals surface area contributed by atoms with Crippen molar-refractivity contribution in [3.8, 4) is 0 Å². The zero-order valence-electron chi connectivity index (χ0n) is 22.9. The van der Waals surface area contributed by atoms with Crippen LogP contribution >= 0.6 is 11.6 Å². The molecular weight excluding hydrogens is 783 g/mol. The van der Waals surface area contributed by atoms with Crippen molar-refractivity contribution < 1.29 is 87.6 Å². The Morgan fingerprint density at radius 1 is 0.449 bits per heavy atom. The van der Waals surface area contributed by atoms with Gasteiger partial charge in [-0.1, -0.05) is 48.0 Å². The van der Waals surface area contributed by atoms with E-state index in [0.717, 1.165) is 5.02 Å². The van der Waals surface area contributed by atoms with E-state index in [1.165, 1.54) is 14.7 Å². The standard InChI is InChI=1S/C18H14ClS.C8HF17O3S/c19-15-11-13-18(14-12-15)20(16-7-3-1-4-8-16)17-9-5-2-6-10-17;9-1(10,3(13,14)5(17,18)7(21,22)23)2(11,12)4(15,16)6(19,20)8(24,25)29(26,27)28/h1-14H;(H,26,27,28)/q+1;/p-1. The van der Waals surface area contributed by atoms with Crippen LogP contribution in [0.3, 0.4) is 0 Å². The number of alkyl halides is 17. The van der Waals surface area contributed by atoms with Crippen molar-refractivity contribution in [2.75, 3.05) is 0 Å². The van der Waals surface area contributed by atoms with Crippen molar-refractivity contribution in [3.63, 3.8) is 0 Å². The predicted molar refractivity (Wildman–Crippen MR) is 137 cm³/mol. The Balaban J connectivity index is 0.000000360. The topological polar surface area (TPSA) is 57.2 Å². The summed E-state index contributed by atoms with van der Waals surface area (Å²) >= 11 is 6.01. The third kappa shape index (κ3) is 7.27. The van der Waals surface area contributed by atoms with E-state index in [0.29, 0.717) is 0 Å². The molecule has 0 atom stereocenters. The molecule has 3 nitrogen and oxygen atoms in total. The molecule has 0 aliphatic carbocycles. The lowest BCUT2D eigenvalue weighted by Gasteiger charge is -2.42. The van der Waals surface area contributed by atoms with Crippen molar-refractivity contribution in [2.45, 2.75) is 61.7 Å². The third-order valence-electron chi connectivity index (χ3n) is 6.01. The number of hydrogen-bond donors (Lipinski definition) is 0. The Morgan fingerprint density at radius 2 is 0.735 bits per heavy atom. The van der Waals surface area contributed by atoms with Crippen molar-refractivity contribution in [1.29, 1.82) is 0 Å². The first-order valence-corrected chi connectivity index (χ1v) is 15.1. The highest BCUT2D eigenvalue weighted by atomic mass is 35.5. The van der Waals surface area contributed by atoms with Crippen molar-refractivity contribution >= 4 is 32.6 Å². The van der Waals surface area contributed by atoms with E-state index in [9.17, 15) is 87.6 Å². The fraction of sp³-hybridized carbons (Fsp3) is 0.308. The van der Waals surface area contributed by atoms with Crippen LogP contribution in [0.1, 0.15) is 0 Å². The van der Waals surface area contributed by atoms with E-state index in [-0.39, 0.29) is 10.9 Å². The molecule has 23 heteroatoms. The molecule has 0 aliphatic rings. The maximum absolute atomic E-state index is 13.0. The normalized spacial score (nSPS) is 14.4. The fourth-order valence-electron chi connectivity index (χ4n) is 3.40. The molecule has 3 aromatic carbocycles. The van der Waals surface area contributed by atoms with Gasteiger partial charge in [-0.25, -0.2) is 8.42 Å². The zero-order chi connectivity index (χ0) is 38.3. The maximum atomic E-state index is 13.0. The molecule has 0 fully saturated rings. The largest absolute Gasteiger partial charge is 0.743 e. The van der Waals surface area contributed by atoms with Crippen LogP contribution in [0.4, 0.5) is 74.6 Å². The maximum Gasteiger partial charge on any atom is 0.460 e. The van der Waals surface area contributed by atoms with E-state index in [1.807, 2.05) is 12.1 Å². The lowest BCUT2D eigenvalue weighted by molar-refractivity contribution is -0.458. The summed E-state index contributed by atoms with van der Waals surface area (Å²) < 4.78 is 244. The molecule has 0 unspecified atom stereocenters. The molecule has 0 amide bonds. The van der Waals surface area contributed by atoms with Gasteiger partial charge in [0.25, 0.3) is 0 Å². The molecule has 0 bridgehead atoms. The van der Waals surface area contributed by atoms with Gasteiger partial charge in [0.2, 0.25) is 0 Å². The SMILES string of the molecule is Clc1ccc([S+](c2ccccc2)c2ccccc2)cc1.O=S(=O)([O-])C(F)(F)C(F)(F)C(F)(F)C(F)(F)C(F)(F)C(F)(F)C(F)(F)C(F)(F)F. The molecule has 49 heavy (non-hydrogen) atoms. The van der Waals surface area contributed by atoms with Crippen LogP contribution < -0.4 is 0 Å². The average Bonchev–Trinajstić information content (AvgIpc) is 2.98. The molecule has 0 aliphatic heterocycles. The summed E-state index contributed by atoms with van der Waals surface area (Å²) in [6.45, 7) is 0. The minimum atomic E-state index is -8.92. The van der Waals surface area contributed by atoms with Gasteiger partial charge in [0.05, 0.1) is 10.9 Å². The summed E-state index contributed by atoms with van der Waals surface area (Å²) in [4.78, 5) is 3.92. The summed E-state index contributed by atoms with van der Waals surface area (Å²) in [6, 6.07) is 29.4. The number of hydrogen-bond acceptors (Lipinski definition) is 3. The molecule has 274 valence electrons. The molecular formula is C26H14ClF17O3S2. The van der Waals surface area contributed by atoms with Gasteiger partial charge in [0, 0.05) is 5.02 Å². The van der Waals surface area contributed by atoms with Gasteiger partial charge in [-0.2, -0.15) is 74.6 Å². The minimum Gasteiger partial charge on any atom is -0.743 e. The van der Waals surface area contributed by atoms with Crippen LogP contribution in [-0.4, -0.2) is 59.9 Å². The zero-order valence-corrected chi connectivity index (χ0v) is 25.3. The summed E-state index contributed by atoms with van der Waals surface area (Å²) in [5.41, 5.74) is 0. The van der Waals surface area contributed by atoms with Crippen LogP contribution in [-0.2, 0) is 21.0 Å². The molecule has 0 radical (unpaired) electrons. The van der Waals surface area contributed by atoms with Gasteiger partial charge in [0.1, 0.15) is 0 Å². The van der Waals surface area contributed by atoms with E-state index in [2.05, 4.69) is 72.8 Å². The first kappa shape index (κ1) is 42.2. The van der Waals surface area contributed by atoms with Crippen molar-refractivity contribution in [2.24, 2.45) is 0 Å². The van der Waals surface area contributed by atoms with Gasteiger partial charge in [-0.3, -0.25) is 0 Å². The Labute approximate surface area is 271 Å². The van der Waals surface area contributed by atoms with E-state index in [4.69, 9.17) is 11.6 Å². The molecule has 0 N–H and O–H groups in total. The fourth-order valence-corrected chi connectivity index (χ4v) is 6.05. The highest BCUT2D eigenvalue weighted by Gasteiger charge is 2.95. The third-order valence-corrected chi connectivity index (χ3v) is 9.38. The van der Waals surface area contributed by atoms with Crippen LogP contribution in [0.15, 0.2) is 99.6 Å². The van der Waals surface area contributed by atoms with Gasteiger partial charge >= 0.3 is 47.0 Å². The van der Waals surface area contributed by atoms with Crippen molar-refractivity contribution in [1.82, 2.24) is 0 Å². The minimum absolute atomic E-state index is 0.0815. The van der Waals surface area contributed by atoms with E-state index in [1.54, 1.807) is 0 Å². The van der Waals surface area contributed by atoms with E-state index >= 15 is 0 Å². The smallest absolute Gasteiger partial charge is 0.460 e. The van der Waals surface area contributed by atoms with Crippen molar-refractivity contribution in [3.05, 3.63) is 90.0 Å². The second-order valence-electron chi connectivity index (χ2n) is 9.30. The highest BCUT2D eigenvalue weighted by molar-refractivity contribution is 7.97. The quantitative estimate of drug-likeness (QED) is 0.117. The molecule has 0 spiro atoms. The molecule has 0 aromatic heterocycles. The van der Waals surface area contributed by atoms with Gasteiger partial charge in [-0.05, 0) is 48.5 Å². The Morgan fingerprint density at radius 3 is 1.04 bits per heavy atom. The summed E-state index contributed by atoms with van der Waals surface area (Å²) in [5.74, 6) is -52.1. The second-order valence-corrected chi connectivity index (χ2v) is 13.2. The van der Waals surface area contributed by atoms with Crippen LogP contribution in [0, 0.1) is 0 Å². The summed E-state index contributed by atoms with van der Waals surface area (Å²) in [6.07, 6.45) is -7.89.